The van der Waals surface area contributed by atoms with Gasteiger partial charge in [0.15, 0.2) is 5.96 Å². The van der Waals surface area contributed by atoms with E-state index in [1.165, 1.54) is 9.80 Å². The number of hydrogen-bond acceptors (Lipinski definition) is 21. The van der Waals surface area contributed by atoms with Crippen LogP contribution in [0, 0.1) is 29.6 Å². The molecule has 6 fully saturated rings. The SMILES string of the molecule is CC[C@H](C)[C@@H]1NC(=O)NC(=O)CCCCNC(=O)CC[C@@H](C(N)=O)NC(=O)[C@@H]2CCCN2C(=O)[C@H]([C@@H](C)CC)NC(=O)[C@H]2NC(=O)[C@H]([C@@H](C)CC)NC(=O)[C@@H]3C[C@@H]4CCCC[C@@H]4N3C(=O)[C@@H]3CCCN3C(=O)[C@H](CC(C)C)NC(=O)[C@H](CO)NC(=O)[C@H](CCCN=C(N)N)NC(=O)[C@H](CO)NC(=O)[C@H](CSSC2(C)C)NC1=O. The molecule has 1 aliphatic carbocycles. The Hall–Kier alpha value is -8.59. The summed E-state index contributed by atoms with van der Waals surface area (Å²) in [5.74, 6) is -16.1. The number of carbonyl (C=O) groups excluding carboxylic acids is 16. The summed E-state index contributed by atoms with van der Waals surface area (Å²) in [5.41, 5.74) is 17.0. The predicted molar refractivity (Wildman–Crippen MR) is 420 cm³/mol. The van der Waals surface area contributed by atoms with E-state index in [2.05, 4.69) is 68.8 Å². The highest BCUT2D eigenvalue weighted by Crippen LogP contribution is 2.42. The van der Waals surface area contributed by atoms with Crippen molar-refractivity contribution >= 4 is 122 Å². The van der Waals surface area contributed by atoms with Crippen molar-refractivity contribution in [1.29, 1.82) is 0 Å². The minimum Gasteiger partial charge on any atom is -0.394 e. The summed E-state index contributed by atoms with van der Waals surface area (Å²) in [6, 6.07) is -20.8. The molecule has 0 aromatic rings. The van der Waals surface area contributed by atoms with Crippen LogP contribution in [-0.2, 0) is 71.9 Å². The molecule has 17 amide bonds. The van der Waals surface area contributed by atoms with Gasteiger partial charge in [-0.1, -0.05) is 109 Å². The molecule has 0 aromatic heterocycles. The number of nitrogens with one attached hydrogen (secondary N) is 12. The molecule has 113 heavy (non-hydrogen) atoms. The Bertz CT molecular complexity index is 3440. The monoisotopic (exact) mass is 1630 g/mol. The van der Waals surface area contributed by atoms with Gasteiger partial charge in [-0.15, -0.1) is 0 Å². The highest BCUT2D eigenvalue weighted by Gasteiger charge is 2.53. The van der Waals surface area contributed by atoms with Gasteiger partial charge >= 0.3 is 6.03 Å². The zero-order valence-corrected chi connectivity index (χ0v) is 68.5. The summed E-state index contributed by atoms with van der Waals surface area (Å²) in [5, 5.41) is 53.2. The predicted octanol–water partition coefficient (Wildman–Crippen LogP) is -2.35. The number of primary amides is 1. The van der Waals surface area contributed by atoms with Crippen molar-refractivity contribution in [2.24, 2.45) is 51.8 Å². The molecule has 5 saturated heterocycles. The molecular formula is C74H123N19O18S2. The van der Waals surface area contributed by atoms with Gasteiger partial charge in [-0.05, 0) is 127 Å². The first-order valence-electron chi connectivity index (χ1n) is 39.9. The Kier molecular flexibility index (Phi) is 36.6. The van der Waals surface area contributed by atoms with E-state index in [9.17, 15) is 53.4 Å². The third-order valence-electron chi connectivity index (χ3n) is 22.3. The van der Waals surface area contributed by atoms with Crippen molar-refractivity contribution in [2.45, 2.75) is 287 Å². The van der Waals surface area contributed by atoms with Crippen molar-refractivity contribution in [2.75, 3.05) is 45.1 Å². The fourth-order valence-corrected chi connectivity index (χ4v) is 17.9. The van der Waals surface area contributed by atoms with Gasteiger partial charge in [-0.25, -0.2) is 4.79 Å². The quantitative estimate of drug-likeness (QED) is 0.0353. The van der Waals surface area contributed by atoms with Crippen LogP contribution >= 0.6 is 21.6 Å². The fourth-order valence-electron chi connectivity index (χ4n) is 15.1. The van der Waals surface area contributed by atoms with Crippen LogP contribution in [0.25, 0.3) is 0 Å². The number of fused-ring (bicyclic) bond motifs is 10. The Morgan fingerprint density at radius 1 is 0.531 bits per heavy atom. The van der Waals surface area contributed by atoms with Crippen molar-refractivity contribution in [1.82, 2.24) is 78.5 Å². The van der Waals surface area contributed by atoms with Crippen LogP contribution in [-0.4, -0.2) is 260 Å². The maximum absolute atomic E-state index is 15.8. The lowest BCUT2D eigenvalue weighted by Gasteiger charge is -2.39. The number of urea groups is 1. The highest BCUT2D eigenvalue weighted by atomic mass is 33.1. The zero-order valence-electron chi connectivity index (χ0n) is 66.8. The van der Waals surface area contributed by atoms with E-state index in [0.29, 0.717) is 25.7 Å². The molecule has 5 aliphatic heterocycles. The van der Waals surface area contributed by atoms with E-state index in [4.69, 9.17) is 17.2 Å². The fraction of sp³-hybridized carbons (Fsp3) is 0.770. The molecule has 1 saturated carbocycles. The third-order valence-corrected chi connectivity index (χ3v) is 25.6. The number of hydrogen-bond donors (Lipinski definition) is 17. The standard InChI is InChI=1S/C74H123N19O18S2/c1-11-39(6)55-67(106)90-58-68(107)88-57(41(8)13-3)71(110)91-31-19-24-50(91)64(103)80-43(59(75)98)27-28-53(96)78-29-17-16-26-54(97)86-73(111)89-56(40(7)12-2)66(105)85-48(37-112-113-74(58,9)10)63(102)84-46(35-94)61(100)81-44(22-18-30-79-72(76)77)60(99)83-47(36-95)62(101)82-45(33-38(4)5)69(108)92-32-20-25-51(92)70(109)93-49-23-15-14-21-42(49)34-52(93)65(104)87-55/h38-52,55-58,94-95H,11-37H2,1-10H3,(H2,75,98)(H,78,96)(H,80,103)(H,81,100)(H,82,101)(H,83,99)(H,84,102)(H,85,105)(H,87,104)(H,88,107)(H,90,106)(H4,76,77,79)(H2,86,89,97,111)/t39-,40-,41-,42-,43-,44-,45-,46-,47-,48-,49-,50-,51-,52-,55-,56-,57-,58+/m0/s1. The zero-order chi connectivity index (χ0) is 83.7. The number of amides is 17. The molecule has 6 rings (SSSR count). The second kappa shape index (κ2) is 44.3. The maximum atomic E-state index is 15.8. The van der Waals surface area contributed by atoms with Crippen molar-refractivity contribution in [3.8, 4) is 0 Å². The molecule has 0 radical (unpaired) electrons. The minimum absolute atomic E-state index is 0.00736. The van der Waals surface area contributed by atoms with Crippen LogP contribution in [0.5, 0.6) is 0 Å². The van der Waals surface area contributed by atoms with Gasteiger partial charge < -0.3 is 101 Å². The van der Waals surface area contributed by atoms with E-state index in [1.807, 2.05) is 0 Å². The van der Waals surface area contributed by atoms with Gasteiger partial charge in [0.05, 0.1) is 13.2 Å². The number of guanidine groups is 1. The van der Waals surface area contributed by atoms with Gasteiger partial charge in [0.2, 0.25) is 88.6 Å². The first kappa shape index (κ1) is 93.3. The number of carbonyl (C=O) groups is 16. The number of nitrogens with zero attached hydrogens (tertiary/aromatic N) is 4. The second-order valence-corrected chi connectivity index (χ2v) is 34.6. The molecular weight excluding hydrogens is 1510 g/mol. The molecule has 634 valence electrons. The van der Waals surface area contributed by atoms with Gasteiger partial charge in [-0.2, -0.15) is 0 Å². The number of aliphatic hydroxyl groups is 2. The van der Waals surface area contributed by atoms with Gasteiger partial charge in [0.25, 0.3) is 0 Å². The molecule has 0 aromatic carbocycles. The van der Waals surface area contributed by atoms with Crippen LogP contribution in [0.4, 0.5) is 4.79 Å². The summed E-state index contributed by atoms with van der Waals surface area (Å²) in [7, 11) is 1.77. The Morgan fingerprint density at radius 2 is 1.08 bits per heavy atom. The highest BCUT2D eigenvalue weighted by molar-refractivity contribution is 8.77. The average molecular weight is 1630 g/mol. The molecule has 0 spiro atoms. The summed E-state index contributed by atoms with van der Waals surface area (Å²) in [4.78, 5) is 242. The summed E-state index contributed by atoms with van der Waals surface area (Å²) >= 11 is 0. The molecule has 0 unspecified atom stereocenters. The summed E-state index contributed by atoms with van der Waals surface area (Å²) in [6.07, 6.45) is 4.13. The van der Waals surface area contributed by atoms with Gasteiger partial charge in [0.1, 0.15) is 78.5 Å². The topological polar surface area (TPSA) is 558 Å². The number of rotatable bonds is 15. The molecule has 5 heterocycles. The van der Waals surface area contributed by atoms with Crippen LogP contribution in [0.3, 0.4) is 0 Å². The smallest absolute Gasteiger partial charge is 0.322 e. The second-order valence-electron chi connectivity index (χ2n) is 31.6. The summed E-state index contributed by atoms with van der Waals surface area (Å²) < 4.78 is -1.59. The van der Waals surface area contributed by atoms with E-state index in [1.54, 1.807) is 74.1 Å². The van der Waals surface area contributed by atoms with Crippen LogP contribution in [0.2, 0.25) is 0 Å². The summed E-state index contributed by atoms with van der Waals surface area (Å²) in [6.45, 7) is 14.9. The lowest BCUT2D eigenvalue weighted by molar-refractivity contribution is -0.150. The Balaban J connectivity index is 1.53. The molecule has 39 heteroatoms. The van der Waals surface area contributed by atoms with Crippen LogP contribution in [0.1, 0.15) is 198 Å². The van der Waals surface area contributed by atoms with E-state index < -0.39 is 221 Å². The molecule has 2 bridgehead atoms. The molecule has 6 aliphatic rings. The first-order valence-corrected chi connectivity index (χ1v) is 42.2. The Labute approximate surface area is 668 Å². The van der Waals surface area contributed by atoms with E-state index >= 15 is 33.6 Å². The largest absolute Gasteiger partial charge is 0.394 e. The molecule has 37 nitrogen and oxygen atoms in total. The maximum Gasteiger partial charge on any atom is 0.322 e. The molecule has 18 atom stereocenters. The first-order chi connectivity index (χ1) is 53.5. The molecule has 20 N–H and O–H groups in total. The Morgan fingerprint density at radius 3 is 1.69 bits per heavy atom. The number of nitrogens with two attached hydrogens (primary N) is 3. The van der Waals surface area contributed by atoms with E-state index in [-0.39, 0.29) is 134 Å². The van der Waals surface area contributed by atoms with Crippen LogP contribution < -0.4 is 81.0 Å². The van der Waals surface area contributed by atoms with Crippen molar-refractivity contribution in [3.63, 3.8) is 0 Å². The number of aliphatic imine (C=N–C) groups is 1. The van der Waals surface area contributed by atoms with Crippen LogP contribution in [0.15, 0.2) is 4.99 Å². The van der Waals surface area contributed by atoms with Crippen molar-refractivity contribution in [3.05, 3.63) is 0 Å². The number of imide groups is 1. The third kappa shape index (κ3) is 26.2. The minimum atomic E-state index is -1.93. The average Bonchev–Trinajstić information content (AvgIpc) is 1.63. The van der Waals surface area contributed by atoms with Gasteiger partial charge in [0, 0.05) is 55.6 Å². The normalized spacial score (nSPS) is 30.5. The van der Waals surface area contributed by atoms with Crippen molar-refractivity contribution < 1.29 is 86.9 Å². The lowest BCUT2D eigenvalue weighted by atomic mass is 9.84. The van der Waals surface area contributed by atoms with Gasteiger partial charge in [-0.3, -0.25) is 82.2 Å². The van der Waals surface area contributed by atoms with E-state index in [0.717, 1.165) is 34.4 Å². The number of aliphatic hydroxyl groups excluding tert-OH is 2. The lowest BCUT2D eigenvalue weighted by Crippen LogP contribution is -2.64.